The van der Waals surface area contributed by atoms with Crippen LogP contribution in [0.15, 0.2) is 30.3 Å². The van der Waals surface area contributed by atoms with Gasteiger partial charge in [0.05, 0.1) is 0 Å². The summed E-state index contributed by atoms with van der Waals surface area (Å²) >= 11 is 0. The van der Waals surface area contributed by atoms with Crippen LogP contribution in [0, 0.1) is 0 Å². The second-order valence-electron chi connectivity index (χ2n) is 5.95. The normalized spacial score (nSPS) is 12.5. The second-order valence-corrected chi connectivity index (χ2v) is 5.95. The third kappa shape index (κ3) is 5.39. The average Bonchev–Trinajstić information content (AvgIpc) is 2.49. The highest BCUT2D eigenvalue weighted by molar-refractivity contribution is 5.74. The molecule has 0 heterocycles. The highest BCUT2D eigenvalue weighted by atomic mass is 16.4. The molecule has 1 unspecified atom stereocenters. The largest absolute Gasteiger partial charge is 0.481 e. The van der Waals surface area contributed by atoms with Crippen LogP contribution < -0.4 is 10.6 Å². The van der Waals surface area contributed by atoms with Crippen molar-refractivity contribution in [3.05, 3.63) is 35.9 Å². The molecule has 122 valence electrons. The predicted molar refractivity (Wildman–Crippen MR) is 87.0 cm³/mol. The van der Waals surface area contributed by atoms with Crippen LogP contribution in [0.25, 0.3) is 0 Å². The smallest absolute Gasteiger partial charge is 0.315 e. The number of rotatable bonds is 8. The Morgan fingerprint density at radius 2 is 1.86 bits per heavy atom. The zero-order chi connectivity index (χ0) is 16.6. The standard InChI is InChI=1S/C17H26N2O3/c1-4-14(17(2,3)13-9-6-5-7-10-13)19-16(22)18-12-8-11-15(20)21/h5-7,9-10,14H,4,8,11-12H2,1-3H3,(H,20,21)(H2,18,19,22). The van der Waals surface area contributed by atoms with Gasteiger partial charge in [-0.05, 0) is 18.4 Å². The minimum Gasteiger partial charge on any atom is -0.481 e. The maximum Gasteiger partial charge on any atom is 0.315 e. The van der Waals surface area contributed by atoms with E-state index in [1.165, 1.54) is 5.56 Å². The van der Waals surface area contributed by atoms with Gasteiger partial charge in [0.2, 0.25) is 0 Å². The molecule has 1 atom stereocenters. The summed E-state index contributed by atoms with van der Waals surface area (Å²) < 4.78 is 0. The Kier molecular flexibility index (Phi) is 6.89. The molecule has 0 spiro atoms. The molecule has 0 fully saturated rings. The first kappa shape index (κ1) is 18.0. The van der Waals surface area contributed by atoms with Crippen molar-refractivity contribution in [1.82, 2.24) is 10.6 Å². The van der Waals surface area contributed by atoms with E-state index < -0.39 is 5.97 Å². The first-order chi connectivity index (χ1) is 10.4. The maximum atomic E-state index is 12.0. The fourth-order valence-corrected chi connectivity index (χ4v) is 2.51. The molecule has 0 aliphatic rings. The van der Waals surface area contributed by atoms with Crippen LogP contribution in [0.4, 0.5) is 4.79 Å². The topological polar surface area (TPSA) is 78.4 Å². The highest BCUT2D eigenvalue weighted by Crippen LogP contribution is 2.28. The van der Waals surface area contributed by atoms with E-state index in [1.54, 1.807) is 0 Å². The Morgan fingerprint density at radius 1 is 1.23 bits per heavy atom. The number of hydrogen-bond acceptors (Lipinski definition) is 2. The Morgan fingerprint density at radius 3 is 2.41 bits per heavy atom. The van der Waals surface area contributed by atoms with Gasteiger partial charge in [0.25, 0.3) is 0 Å². The third-order valence-electron chi connectivity index (χ3n) is 3.96. The second kappa shape index (κ2) is 8.41. The number of amides is 2. The molecule has 1 rings (SSSR count). The van der Waals surface area contributed by atoms with Gasteiger partial charge in [0.1, 0.15) is 0 Å². The number of aliphatic carboxylic acids is 1. The Labute approximate surface area is 132 Å². The van der Waals surface area contributed by atoms with E-state index in [-0.39, 0.29) is 23.9 Å². The van der Waals surface area contributed by atoms with Gasteiger partial charge in [-0.1, -0.05) is 51.1 Å². The van der Waals surface area contributed by atoms with E-state index in [2.05, 4.69) is 36.6 Å². The van der Waals surface area contributed by atoms with Gasteiger partial charge in [-0.15, -0.1) is 0 Å². The van der Waals surface area contributed by atoms with Crippen molar-refractivity contribution in [2.24, 2.45) is 0 Å². The predicted octanol–water partition coefficient (Wildman–Crippen LogP) is 2.91. The van der Waals surface area contributed by atoms with Gasteiger partial charge in [-0.3, -0.25) is 4.79 Å². The summed E-state index contributed by atoms with van der Waals surface area (Å²) in [5.74, 6) is -0.848. The molecule has 5 nitrogen and oxygen atoms in total. The van der Waals surface area contributed by atoms with E-state index in [0.29, 0.717) is 13.0 Å². The third-order valence-corrected chi connectivity index (χ3v) is 3.96. The number of urea groups is 1. The number of benzene rings is 1. The quantitative estimate of drug-likeness (QED) is 0.646. The average molecular weight is 306 g/mol. The Balaban J connectivity index is 2.57. The van der Waals surface area contributed by atoms with Crippen molar-refractivity contribution in [3.8, 4) is 0 Å². The molecule has 0 bridgehead atoms. The van der Waals surface area contributed by atoms with Gasteiger partial charge >= 0.3 is 12.0 Å². The Bertz CT molecular complexity index is 486. The number of carbonyl (C=O) groups is 2. The van der Waals surface area contributed by atoms with Crippen LogP contribution in [0.3, 0.4) is 0 Å². The fraction of sp³-hybridized carbons (Fsp3) is 0.529. The lowest BCUT2D eigenvalue weighted by Gasteiger charge is -2.35. The summed E-state index contributed by atoms with van der Waals surface area (Å²) in [6.45, 7) is 6.63. The van der Waals surface area contributed by atoms with E-state index in [0.717, 1.165) is 6.42 Å². The maximum absolute atomic E-state index is 12.0. The minimum atomic E-state index is -0.848. The monoisotopic (exact) mass is 306 g/mol. The van der Waals surface area contributed by atoms with Gasteiger partial charge in [0.15, 0.2) is 0 Å². The molecular weight excluding hydrogens is 280 g/mol. The van der Waals surface area contributed by atoms with Crippen LogP contribution in [0.2, 0.25) is 0 Å². The number of carboxylic acid groups (broad SMARTS) is 1. The minimum absolute atomic E-state index is 0.00521. The SMILES string of the molecule is CCC(NC(=O)NCCCC(=O)O)C(C)(C)c1ccccc1. The molecular formula is C17H26N2O3. The van der Waals surface area contributed by atoms with Crippen LogP contribution in [0.5, 0.6) is 0 Å². The molecule has 22 heavy (non-hydrogen) atoms. The van der Waals surface area contributed by atoms with Crippen molar-refractivity contribution in [2.45, 2.75) is 51.5 Å². The summed E-state index contributed by atoms with van der Waals surface area (Å²) in [4.78, 5) is 22.4. The van der Waals surface area contributed by atoms with Gasteiger partial charge < -0.3 is 15.7 Å². The number of hydrogen-bond donors (Lipinski definition) is 3. The molecule has 0 aromatic heterocycles. The number of nitrogens with one attached hydrogen (secondary N) is 2. The zero-order valence-corrected chi connectivity index (χ0v) is 13.6. The summed E-state index contributed by atoms with van der Waals surface area (Å²) in [6, 6.07) is 9.84. The molecule has 0 saturated heterocycles. The molecule has 0 aliphatic heterocycles. The lowest BCUT2D eigenvalue weighted by molar-refractivity contribution is -0.137. The molecule has 0 saturated carbocycles. The summed E-state index contributed by atoms with van der Waals surface area (Å²) in [5.41, 5.74) is 0.988. The van der Waals surface area contributed by atoms with Crippen molar-refractivity contribution >= 4 is 12.0 Å². The fourth-order valence-electron chi connectivity index (χ4n) is 2.51. The molecule has 2 amide bonds. The van der Waals surface area contributed by atoms with Crippen molar-refractivity contribution in [2.75, 3.05) is 6.54 Å². The van der Waals surface area contributed by atoms with Crippen molar-refractivity contribution < 1.29 is 14.7 Å². The zero-order valence-electron chi connectivity index (χ0n) is 13.6. The van der Waals surface area contributed by atoms with Crippen molar-refractivity contribution in [1.29, 1.82) is 0 Å². The van der Waals surface area contributed by atoms with Gasteiger partial charge in [-0.25, -0.2) is 4.79 Å². The summed E-state index contributed by atoms with van der Waals surface area (Å²) in [7, 11) is 0. The van der Waals surface area contributed by atoms with Crippen LogP contribution in [-0.4, -0.2) is 29.7 Å². The van der Waals surface area contributed by atoms with Crippen LogP contribution in [0.1, 0.15) is 45.6 Å². The van der Waals surface area contributed by atoms with E-state index >= 15 is 0 Å². The van der Waals surface area contributed by atoms with Crippen LogP contribution >= 0.6 is 0 Å². The van der Waals surface area contributed by atoms with Gasteiger partial charge in [0, 0.05) is 24.4 Å². The molecule has 5 heteroatoms. The molecule has 1 aromatic carbocycles. The van der Waals surface area contributed by atoms with E-state index in [1.807, 2.05) is 25.1 Å². The number of carboxylic acids is 1. The van der Waals surface area contributed by atoms with Gasteiger partial charge in [-0.2, -0.15) is 0 Å². The number of carbonyl (C=O) groups excluding carboxylic acids is 1. The summed E-state index contributed by atoms with van der Waals surface area (Å²) in [5, 5.41) is 14.3. The van der Waals surface area contributed by atoms with Crippen LogP contribution in [-0.2, 0) is 10.2 Å². The summed E-state index contributed by atoms with van der Waals surface area (Å²) in [6.07, 6.45) is 1.30. The van der Waals surface area contributed by atoms with Crippen molar-refractivity contribution in [3.63, 3.8) is 0 Å². The molecule has 3 N–H and O–H groups in total. The lowest BCUT2D eigenvalue weighted by Crippen LogP contribution is -2.50. The molecule has 1 aromatic rings. The Hall–Kier alpha value is -2.04. The van der Waals surface area contributed by atoms with E-state index in [9.17, 15) is 9.59 Å². The van der Waals surface area contributed by atoms with E-state index in [4.69, 9.17) is 5.11 Å². The first-order valence-corrected chi connectivity index (χ1v) is 7.69. The lowest BCUT2D eigenvalue weighted by atomic mass is 9.76. The molecule has 0 radical (unpaired) electrons. The molecule has 0 aliphatic carbocycles. The first-order valence-electron chi connectivity index (χ1n) is 7.69. The highest BCUT2D eigenvalue weighted by Gasteiger charge is 2.31.